The zero-order chi connectivity index (χ0) is 25.2. The third-order valence-electron chi connectivity index (χ3n) is 5.03. The maximum Gasteiger partial charge on any atom is 0.412 e. The predicted octanol–water partition coefficient (Wildman–Crippen LogP) is 8.55. The van der Waals surface area contributed by atoms with Gasteiger partial charge in [-0.25, -0.2) is 9.78 Å². The second-order valence-corrected chi connectivity index (χ2v) is 10.8. The molecule has 3 aromatic carbocycles. The molecular weight excluding hydrogens is 549 g/mol. The fourth-order valence-corrected chi connectivity index (χ4v) is 4.30. The Labute approximate surface area is 223 Å². The highest BCUT2D eigenvalue weighted by atomic mass is 79.9. The number of imidazole rings is 1. The smallest absolute Gasteiger partial charge is 0.412 e. The van der Waals surface area contributed by atoms with Gasteiger partial charge in [-0.2, -0.15) is 0 Å². The summed E-state index contributed by atoms with van der Waals surface area (Å²) >= 11 is 16.1. The lowest BCUT2D eigenvalue weighted by Crippen LogP contribution is -2.27. The number of amides is 1. The summed E-state index contributed by atoms with van der Waals surface area (Å²) in [7, 11) is 0. The van der Waals surface area contributed by atoms with Crippen molar-refractivity contribution >= 4 is 50.9 Å². The van der Waals surface area contributed by atoms with Crippen molar-refractivity contribution in [3.8, 4) is 16.9 Å². The molecule has 4 aromatic rings. The fourth-order valence-electron chi connectivity index (χ4n) is 3.53. The van der Waals surface area contributed by atoms with Gasteiger partial charge in [0.05, 0.1) is 10.7 Å². The second kappa shape index (κ2) is 10.4. The minimum absolute atomic E-state index is 0.510. The maximum atomic E-state index is 12.3. The molecule has 0 fully saturated rings. The molecule has 0 unspecified atom stereocenters. The summed E-state index contributed by atoms with van der Waals surface area (Å²) in [4.78, 5) is 17.2. The van der Waals surface area contributed by atoms with Gasteiger partial charge in [0, 0.05) is 39.1 Å². The Balaban J connectivity index is 1.73. The molecule has 35 heavy (non-hydrogen) atoms. The summed E-state index contributed by atoms with van der Waals surface area (Å²) in [6, 6.07) is 21.0. The second-order valence-electron chi connectivity index (χ2n) is 9.02. The van der Waals surface area contributed by atoms with Gasteiger partial charge in [0.15, 0.2) is 0 Å². The molecule has 1 N–H and O–H groups in total. The first kappa shape index (κ1) is 25.3. The van der Waals surface area contributed by atoms with E-state index in [9.17, 15) is 4.79 Å². The molecular formula is C27H24BrCl2N3O2. The molecule has 0 aliphatic carbocycles. The van der Waals surface area contributed by atoms with Crippen LogP contribution >= 0.6 is 39.1 Å². The molecule has 0 saturated carbocycles. The number of halogens is 3. The van der Waals surface area contributed by atoms with E-state index in [1.54, 1.807) is 12.1 Å². The van der Waals surface area contributed by atoms with Gasteiger partial charge in [-0.1, -0.05) is 57.3 Å². The summed E-state index contributed by atoms with van der Waals surface area (Å²) in [5.41, 5.74) is 3.49. The molecule has 0 aliphatic heterocycles. The van der Waals surface area contributed by atoms with E-state index in [-0.39, 0.29) is 0 Å². The lowest BCUT2D eigenvalue weighted by Gasteiger charge is -2.20. The summed E-state index contributed by atoms with van der Waals surface area (Å²) in [5, 5.41) is 3.89. The maximum absolute atomic E-state index is 12.3. The zero-order valence-electron chi connectivity index (χ0n) is 19.5. The normalized spacial score (nSPS) is 11.4. The van der Waals surface area contributed by atoms with Crippen LogP contribution in [0.3, 0.4) is 0 Å². The third kappa shape index (κ3) is 6.66. The van der Waals surface area contributed by atoms with Crippen LogP contribution in [-0.2, 0) is 11.2 Å². The molecule has 8 heteroatoms. The summed E-state index contributed by atoms with van der Waals surface area (Å²) in [6.45, 7) is 5.48. The molecule has 4 rings (SSSR count). The number of nitrogens with zero attached hydrogens (tertiary/aromatic N) is 2. The SMILES string of the molecule is CC(C)(C)OC(=O)Nc1cccc(-n2cc(-c3ccc(Cl)cc3Cl)nc2Cc2ccc(Br)cc2)c1. The first-order chi connectivity index (χ1) is 16.6. The van der Waals surface area contributed by atoms with Crippen LogP contribution in [0.2, 0.25) is 10.0 Å². The van der Waals surface area contributed by atoms with Crippen LogP contribution in [0.5, 0.6) is 0 Å². The average Bonchev–Trinajstić information content (AvgIpc) is 3.17. The molecule has 5 nitrogen and oxygen atoms in total. The van der Waals surface area contributed by atoms with E-state index in [1.807, 2.05) is 74.0 Å². The zero-order valence-corrected chi connectivity index (χ0v) is 22.6. The van der Waals surface area contributed by atoms with Crippen LogP contribution < -0.4 is 5.32 Å². The first-order valence-corrected chi connectivity index (χ1v) is 12.5. The van der Waals surface area contributed by atoms with E-state index in [0.717, 1.165) is 32.8 Å². The van der Waals surface area contributed by atoms with Crippen LogP contribution in [0.25, 0.3) is 16.9 Å². The summed E-state index contributed by atoms with van der Waals surface area (Å²) < 4.78 is 8.40. The Morgan fingerprint density at radius 1 is 1.06 bits per heavy atom. The first-order valence-electron chi connectivity index (χ1n) is 11.0. The number of aromatic nitrogens is 2. The number of carbonyl (C=O) groups excluding carboxylic acids is 1. The molecule has 1 heterocycles. The molecule has 0 spiro atoms. The Kier molecular flexibility index (Phi) is 7.55. The van der Waals surface area contributed by atoms with E-state index in [4.69, 9.17) is 32.9 Å². The van der Waals surface area contributed by atoms with Crippen molar-refractivity contribution in [1.29, 1.82) is 0 Å². The van der Waals surface area contributed by atoms with E-state index in [2.05, 4.69) is 33.4 Å². The van der Waals surface area contributed by atoms with Crippen molar-refractivity contribution < 1.29 is 9.53 Å². The fraction of sp³-hybridized carbons (Fsp3) is 0.185. The molecule has 0 atom stereocenters. The Hall–Kier alpha value is -2.80. The summed E-state index contributed by atoms with van der Waals surface area (Å²) in [6.07, 6.45) is 2.03. The quantitative estimate of drug-likeness (QED) is 0.260. The molecule has 1 aromatic heterocycles. The van der Waals surface area contributed by atoms with E-state index >= 15 is 0 Å². The van der Waals surface area contributed by atoms with Crippen LogP contribution in [0, 0.1) is 0 Å². The lowest BCUT2D eigenvalue weighted by molar-refractivity contribution is 0.0636. The van der Waals surface area contributed by atoms with Gasteiger partial charge >= 0.3 is 6.09 Å². The van der Waals surface area contributed by atoms with Crippen molar-refractivity contribution in [2.24, 2.45) is 0 Å². The van der Waals surface area contributed by atoms with Gasteiger partial charge < -0.3 is 9.30 Å². The van der Waals surface area contributed by atoms with Crippen molar-refractivity contribution in [1.82, 2.24) is 9.55 Å². The third-order valence-corrected chi connectivity index (χ3v) is 6.11. The van der Waals surface area contributed by atoms with Gasteiger partial charge in [0.25, 0.3) is 0 Å². The van der Waals surface area contributed by atoms with Gasteiger partial charge in [0.1, 0.15) is 11.4 Å². The summed E-state index contributed by atoms with van der Waals surface area (Å²) in [5.74, 6) is 0.822. The predicted molar refractivity (Wildman–Crippen MR) is 146 cm³/mol. The van der Waals surface area contributed by atoms with Crippen molar-refractivity contribution in [2.75, 3.05) is 5.32 Å². The average molecular weight is 573 g/mol. The number of hydrogen-bond acceptors (Lipinski definition) is 3. The molecule has 0 aliphatic rings. The number of nitrogens with one attached hydrogen (secondary N) is 1. The monoisotopic (exact) mass is 571 g/mol. The molecule has 0 radical (unpaired) electrons. The molecule has 0 bridgehead atoms. The van der Waals surface area contributed by atoms with Crippen molar-refractivity contribution in [3.05, 3.63) is 98.8 Å². The van der Waals surface area contributed by atoms with Gasteiger partial charge in [-0.05, 0) is 74.9 Å². The number of rotatable bonds is 5. The van der Waals surface area contributed by atoms with Crippen LogP contribution in [0.4, 0.5) is 10.5 Å². The number of benzene rings is 3. The van der Waals surface area contributed by atoms with Crippen LogP contribution in [0.15, 0.2) is 77.4 Å². The number of hydrogen-bond donors (Lipinski definition) is 1. The minimum atomic E-state index is -0.587. The number of carbonyl (C=O) groups is 1. The highest BCUT2D eigenvalue weighted by Gasteiger charge is 2.18. The number of ether oxygens (including phenoxy) is 1. The van der Waals surface area contributed by atoms with E-state index < -0.39 is 11.7 Å². The lowest BCUT2D eigenvalue weighted by atomic mass is 10.1. The van der Waals surface area contributed by atoms with Crippen molar-refractivity contribution in [3.63, 3.8) is 0 Å². The van der Waals surface area contributed by atoms with Gasteiger partial charge in [-0.3, -0.25) is 5.32 Å². The van der Waals surface area contributed by atoms with E-state index in [1.165, 1.54) is 0 Å². The van der Waals surface area contributed by atoms with Gasteiger partial charge in [-0.15, -0.1) is 0 Å². The van der Waals surface area contributed by atoms with Gasteiger partial charge in [0.2, 0.25) is 0 Å². The highest BCUT2D eigenvalue weighted by molar-refractivity contribution is 9.10. The molecule has 1 amide bonds. The number of anilines is 1. The van der Waals surface area contributed by atoms with E-state index in [0.29, 0.717) is 22.2 Å². The minimum Gasteiger partial charge on any atom is -0.444 e. The standard InChI is InChI=1S/C27H24BrCl2N3O2/c1-27(2,3)35-26(34)31-20-5-4-6-21(15-20)33-16-24(22-12-11-19(29)14-23(22)30)32-25(33)13-17-7-9-18(28)10-8-17/h4-12,14-16H,13H2,1-3H3,(H,31,34). The topological polar surface area (TPSA) is 56.1 Å². The largest absolute Gasteiger partial charge is 0.444 e. The van der Waals surface area contributed by atoms with Crippen LogP contribution in [-0.4, -0.2) is 21.2 Å². The Morgan fingerprint density at radius 3 is 2.49 bits per heavy atom. The Morgan fingerprint density at radius 2 is 1.80 bits per heavy atom. The van der Waals surface area contributed by atoms with Crippen molar-refractivity contribution in [2.45, 2.75) is 32.8 Å². The highest BCUT2D eigenvalue weighted by Crippen LogP contribution is 2.31. The van der Waals surface area contributed by atoms with Crippen LogP contribution in [0.1, 0.15) is 32.2 Å². The Bertz CT molecular complexity index is 1360. The molecule has 0 saturated heterocycles. The molecule has 180 valence electrons.